The number of primary sulfonamides is 1. The molecule has 1 aliphatic carbocycles. The van der Waals surface area contributed by atoms with Crippen LogP contribution in [-0.4, -0.2) is 31.1 Å². The maximum absolute atomic E-state index is 12.1. The van der Waals surface area contributed by atoms with Crippen LogP contribution in [-0.2, 0) is 10.0 Å². The number of H-pyrrole nitrogens is 1. The maximum atomic E-state index is 12.1. The quantitative estimate of drug-likeness (QED) is 0.742. The fourth-order valence-corrected chi connectivity index (χ4v) is 3.19. The van der Waals surface area contributed by atoms with E-state index in [9.17, 15) is 13.2 Å². The van der Waals surface area contributed by atoms with E-state index < -0.39 is 15.9 Å². The van der Waals surface area contributed by atoms with Crippen molar-refractivity contribution in [2.75, 3.05) is 6.54 Å². The van der Waals surface area contributed by atoms with Crippen LogP contribution in [0.15, 0.2) is 4.90 Å². The fourth-order valence-electron chi connectivity index (χ4n) is 2.20. The van der Waals surface area contributed by atoms with Crippen molar-refractivity contribution in [1.29, 1.82) is 0 Å². The van der Waals surface area contributed by atoms with Gasteiger partial charge in [-0.15, -0.1) is 0 Å². The first-order valence-corrected chi connectivity index (χ1v) is 8.24. The molecule has 20 heavy (non-hydrogen) atoms. The minimum absolute atomic E-state index is 0.121. The molecule has 1 aliphatic rings. The molecule has 0 atom stereocenters. The zero-order valence-corrected chi connectivity index (χ0v) is 12.5. The monoisotopic (exact) mass is 300 g/mol. The molecule has 0 aromatic carbocycles. The Kier molecular flexibility index (Phi) is 4.14. The molecule has 0 radical (unpaired) electrons. The van der Waals surface area contributed by atoms with Gasteiger partial charge in [0.05, 0.1) is 5.69 Å². The lowest BCUT2D eigenvalue weighted by atomic mass is 9.85. The van der Waals surface area contributed by atoms with Crippen LogP contribution in [0.1, 0.15) is 55.2 Å². The van der Waals surface area contributed by atoms with E-state index in [2.05, 4.69) is 15.5 Å². The number of carbonyl (C=O) groups is 1. The lowest BCUT2D eigenvalue weighted by molar-refractivity contribution is 0.0930. The SMILES string of the molecule is CC(C)c1[nH]nc(C(=O)NCC2CCC2)c1S(N)(=O)=O. The normalized spacial score (nSPS) is 16.2. The van der Waals surface area contributed by atoms with Crippen LogP contribution in [0.5, 0.6) is 0 Å². The standard InChI is InChI=1S/C12H20N4O3S/c1-7(2)9-11(20(13,18)19)10(16-15-9)12(17)14-6-8-4-3-5-8/h7-8H,3-6H2,1-2H3,(H,14,17)(H,15,16)(H2,13,18,19). The lowest BCUT2D eigenvalue weighted by Gasteiger charge is -2.25. The van der Waals surface area contributed by atoms with Crippen LogP contribution >= 0.6 is 0 Å². The van der Waals surface area contributed by atoms with Gasteiger partial charge in [-0.05, 0) is 24.7 Å². The van der Waals surface area contributed by atoms with Crippen molar-refractivity contribution in [2.24, 2.45) is 11.1 Å². The molecule has 8 heteroatoms. The smallest absolute Gasteiger partial charge is 0.273 e. The molecular formula is C12H20N4O3S. The van der Waals surface area contributed by atoms with Crippen LogP contribution in [0.25, 0.3) is 0 Å². The number of hydrogen-bond acceptors (Lipinski definition) is 4. The Labute approximate surface area is 118 Å². The van der Waals surface area contributed by atoms with Gasteiger partial charge in [0, 0.05) is 6.54 Å². The minimum Gasteiger partial charge on any atom is -0.350 e. The first kappa shape index (κ1) is 15.0. The molecule has 0 aliphatic heterocycles. The van der Waals surface area contributed by atoms with E-state index in [0.29, 0.717) is 18.2 Å². The Morgan fingerprint density at radius 3 is 2.60 bits per heavy atom. The highest BCUT2D eigenvalue weighted by Gasteiger charge is 2.29. The fraction of sp³-hybridized carbons (Fsp3) is 0.667. The molecule has 4 N–H and O–H groups in total. The highest BCUT2D eigenvalue weighted by atomic mass is 32.2. The van der Waals surface area contributed by atoms with Crippen LogP contribution in [0, 0.1) is 5.92 Å². The molecule has 1 amide bonds. The molecule has 112 valence electrons. The van der Waals surface area contributed by atoms with Gasteiger partial charge in [0.2, 0.25) is 10.0 Å². The largest absolute Gasteiger partial charge is 0.350 e. The zero-order valence-electron chi connectivity index (χ0n) is 11.6. The van der Waals surface area contributed by atoms with E-state index in [1.807, 2.05) is 0 Å². The number of aromatic nitrogens is 2. The zero-order chi connectivity index (χ0) is 14.9. The molecule has 1 aromatic rings. The Hall–Kier alpha value is -1.41. The van der Waals surface area contributed by atoms with E-state index in [4.69, 9.17) is 5.14 Å². The van der Waals surface area contributed by atoms with Crippen molar-refractivity contribution < 1.29 is 13.2 Å². The Morgan fingerprint density at radius 2 is 2.15 bits per heavy atom. The molecular weight excluding hydrogens is 280 g/mol. The van der Waals surface area contributed by atoms with Crippen molar-refractivity contribution in [2.45, 2.75) is 43.9 Å². The van der Waals surface area contributed by atoms with Crippen molar-refractivity contribution in [3.05, 3.63) is 11.4 Å². The molecule has 7 nitrogen and oxygen atoms in total. The molecule has 1 fully saturated rings. The van der Waals surface area contributed by atoms with Gasteiger partial charge in [-0.1, -0.05) is 20.3 Å². The summed E-state index contributed by atoms with van der Waals surface area (Å²) in [5, 5.41) is 14.4. The predicted octanol–water partition coefficient (Wildman–Crippen LogP) is 0.710. The second kappa shape index (κ2) is 5.53. The van der Waals surface area contributed by atoms with Crippen molar-refractivity contribution in [1.82, 2.24) is 15.5 Å². The number of hydrogen-bond donors (Lipinski definition) is 3. The van der Waals surface area contributed by atoms with Gasteiger partial charge in [0.25, 0.3) is 5.91 Å². The highest BCUT2D eigenvalue weighted by molar-refractivity contribution is 7.89. The number of sulfonamides is 1. The summed E-state index contributed by atoms with van der Waals surface area (Å²) >= 11 is 0. The van der Waals surface area contributed by atoms with E-state index in [-0.39, 0.29) is 16.5 Å². The molecule has 1 aromatic heterocycles. The van der Waals surface area contributed by atoms with E-state index >= 15 is 0 Å². The molecule has 0 spiro atoms. The van der Waals surface area contributed by atoms with Crippen molar-refractivity contribution >= 4 is 15.9 Å². The summed E-state index contributed by atoms with van der Waals surface area (Å²) < 4.78 is 23.4. The number of aromatic amines is 1. The van der Waals surface area contributed by atoms with Gasteiger partial charge in [-0.25, -0.2) is 13.6 Å². The first-order chi connectivity index (χ1) is 9.30. The highest BCUT2D eigenvalue weighted by Crippen LogP contribution is 2.26. The van der Waals surface area contributed by atoms with Gasteiger partial charge in [-0.3, -0.25) is 9.89 Å². The minimum atomic E-state index is -4.00. The number of carbonyl (C=O) groups excluding carboxylic acids is 1. The molecule has 0 unspecified atom stereocenters. The number of nitrogens with one attached hydrogen (secondary N) is 2. The number of nitrogens with zero attached hydrogens (tertiary/aromatic N) is 1. The van der Waals surface area contributed by atoms with Crippen LogP contribution in [0.4, 0.5) is 0 Å². The number of nitrogens with two attached hydrogens (primary N) is 1. The second-order valence-electron chi connectivity index (χ2n) is 5.52. The third-order valence-corrected chi connectivity index (χ3v) is 4.58. The van der Waals surface area contributed by atoms with E-state index in [1.54, 1.807) is 13.8 Å². The van der Waals surface area contributed by atoms with Crippen LogP contribution in [0.2, 0.25) is 0 Å². The molecule has 0 saturated heterocycles. The summed E-state index contributed by atoms with van der Waals surface area (Å²) in [6.45, 7) is 4.16. The van der Waals surface area contributed by atoms with Gasteiger partial charge in [0.1, 0.15) is 4.90 Å². The van der Waals surface area contributed by atoms with Crippen LogP contribution < -0.4 is 10.5 Å². The third-order valence-electron chi connectivity index (χ3n) is 3.60. The topological polar surface area (TPSA) is 118 Å². The van der Waals surface area contributed by atoms with Crippen LogP contribution in [0.3, 0.4) is 0 Å². The summed E-state index contributed by atoms with van der Waals surface area (Å²) in [6, 6.07) is 0. The summed E-state index contributed by atoms with van der Waals surface area (Å²) in [7, 11) is -4.00. The van der Waals surface area contributed by atoms with Gasteiger partial charge < -0.3 is 5.32 Å². The van der Waals surface area contributed by atoms with Crippen molar-refractivity contribution in [3.8, 4) is 0 Å². The molecule has 1 saturated carbocycles. The maximum Gasteiger partial charge on any atom is 0.273 e. The average Bonchev–Trinajstić information content (AvgIpc) is 2.70. The predicted molar refractivity (Wildman–Crippen MR) is 73.7 cm³/mol. The average molecular weight is 300 g/mol. The van der Waals surface area contributed by atoms with E-state index in [0.717, 1.165) is 12.8 Å². The lowest BCUT2D eigenvalue weighted by Crippen LogP contribution is -2.33. The third kappa shape index (κ3) is 3.01. The van der Waals surface area contributed by atoms with E-state index in [1.165, 1.54) is 6.42 Å². The molecule has 0 bridgehead atoms. The first-order valence-electron chi connectivity index (χ1n) is 6.70. The summed E-state index contributed by atoms with van der Waals surface area (Å²) in [5.41, 5.74) is 0.219. The van der Waals surface area contributed by atoms with Crippen molar-refractivity contribution in [3.63, 3.8) is 0 Å². The number of amides is 1. The summed E-state index contributed by atoms with van der Waals surface area (Å²) in [6.07, 6.45) is 3.38. The molecule has 1 heterocycles. The summed E-state index contributed by atoms with van der Waals surface area (Å²) in [5.74, 6) is -0.131. The Morgan fingerprint density at radius 1 is 1.50 bits per heavy atom. The molecule has 2 rings (SSSR count). The van der Waals surface area contributed by atoms with Gasteiger partial charge >= 0.3 is 0 Å². The number of rotatable bonds is 5. The van der Waals surface area contributed by atoms with Gasteiger partial charge in [-0.2, -0.15) is 5.10 Å². The second-order valence-corrected chi connectivity index (χ2v) is 7.02. The van der Waals surface area contributed by atoms with Gasteiger partial charge in [0.15, 0.2) is 5.69 Å². The Bertz CT molecular complexity index is 602. The summed E-state index contributed by atoms with van der Waals surface area (Å²) in [4.78, 5) is 11.9. The Balaban J connectivity index is 2.24.